The first kappa shape index (κ1) is 11.5. The SMILES string of the molecule is C=CC(=C)C1(CC)CCC(C)(F)CC1. The maximum Gasteiger partial charge on any atom is 0.108 e. The van der Waals surface area contributed by atoms with Gasteiger partial charge in [-0.25, -0.2) is 4.39 Å². The maximum absolute atomic E-state index is 13.7. The molecule has 0 radical (unpaired) electrons. The van der Waals surface area contributed by atoms with Gasteiger partial charge in [0.15, 0.2) is 0 Å². The molecule has 0 N–H and O–H groups in total. The zero-order chi connectivity index (χ0) is 10.8. The molecule has 80 valence electrons. The van der Waals surface area contributed by atoms with E-state index >= 15 is 0 Å². The predicted octanol–water partition coefficient (Wildman–Crippen LogP) is 4.43. The average molecular weight is 196 g/mol. The van der Waals surface area contributed by atoms with E-state index in [9.17, 15) is 4.39 Å². The Labute approximate surface area is 86.9 Å². The Bertz CT molecular complexity index is 228. The first-order chi connectivity index (χ1) is 6.46. The molecule has 1 heteroatoms. The van der Waals surface area contributed by atoms with Crippen molar-refractivity contribution in [2.75, 3.05) is 0 Å². The molecule has 1 saturated carbocycles. The van der Waals surface area contributed by atoms with Crippen LogP contribution in [0.15, 0.2) is 24.8 Å². The van der Waals surface area contributed by atoms with Crippen LogP contribution < -0.4 is 0 Å². The quantitative estimate of drug-likeness (QED) is 0.586. The van der Waals surface area contributed by atoms with E-state index in [0.717, 1.165) is 24.8 Å². The van der Waals surface area contributed by atoms with Crippen molar-refractivity contribution in [3.8, 4) is 0 Å². The van der Waals surface area contributed by atoms with Gasteiger partial charge in [-0.3, -0.25) is 0 Å². The topological polar surface area (TPSA) is 0 Å². The molecule has 0 saturated heterocycles. The Balaban J connectivity index is 2.76. The van der Waals surface area contributed by atoms with Crippen LogP contribution in [0.2, 0.25) is 0 Å². The molecule has 0 aromatic carbocycles. The average Bonchev–Trinajstić information content (AvgIpc) is 2.18. The highest BCUT2D eigenvalue weighted by Gasteiger charge is 2.40. The second kappa shape index (κ2) is 3.88. The molecule has 0 aromatic rings. The third kappa shape index (κ3) is 2.08. The molecule has 1 fully saturated rings. The molecule has 0 unspecified atom stereocenters. The number of rotatable bonds is 3. The third-order valence-electron chi connectivity index (χ3n) is 3.85. The first-order valence-electron chi connectivity index (χ1n) is 5.46. The number of hydrogen-bond acceptors (Lipinski definition) is 0. The lowest BCUT2D eigenvalue weighted by molar-refractivity contribution is 0.0701. The summed E-state index contributed by atoms with van der Waals surface area (Å²) in [7, 11) is 0. The van der Waals surface area contributed by atoms with Crippen LogP contribution in [0.3, 0.4) is 0 Å². The Morgan fingerprint density at radius 2 is 1.86 bits per heavy atom. The van der Waals surface area contributed by atoms with E-state index in [4.69, 9.17) is 0 Å². The third-order valence-corrected chi connectivity index (χ3v) is 3.85. The summed E-state index contributed by atoms with van der Waals surface area (Å²) in [5.41, 5.74) is 0.267. The van der Waals surface area contributed by atoms with Gasteiger partial charge in [0, 0.05) is 0 Å². The lowest BCUT2D eigenvalue weighted by Gasteiger charge is -2.42. The standard InChI is InChI=1S/C13H21F/c1-5-11(3)13(6-2)9-7-12(4,14)8-10-13/h5H,1,3,6-10H2,2,4H3. The van der Waals surface area contributed by atoms with E-state index in [1.165, 1.54) is 0 Å². The normalized spacial score (nSPS) is 37.9. The van der Waals surface area contributed by atoms with Gasteiger partial charge in [-0.1, -0.05) is 26.2 Å². The van der Waals surface area contributed by atoms with E-state index in [1.807, 2.05) is 6.08 Å². The summed E-state index contributed by atoms with van der Waals surface area (Å²) in [5, 5.41) is 0. The molecule has 14 heavy (non-hydrogen) atoms. The van der Waals surface area contributed by atoms with E-state index in [-0.39, 0.29) is 5.41 Å². The van der Waals surface area contributed by atoms with E-state index in [1.54, 1.807) is 6.92 Å². The van der Waals surface area contributed by atoms with Crippen molar-refractivity contribution >= 4 is 0 Å². The minimum Gasteiger partial charge on any atom is -0.244 e. The van der Waals surface area contributed by atoms with Gasteiger partial charge in [0.1, 0.15) is 5.67 Å². The van der Waals surface area contributed by atoms with Crippen molar-refractivity contribution in [1.29, 1.82) is 0 Å². The Hall–Kier alpha value is -0.590. The maximum atomic E-state index is 13.7. The molecular formula is C13H21F. The lowest BCUT2D eigenvalue weighted by atomic mass is 9.65. The minimum absolute atomic E-state index is 0.132. The molecule has 0 heterocycles. The van der Waals surface area contributed by atoms with Crippen LogP contribution in [0.5, 0.6) is 0 Å². The number of hydrogen-bond donors (Lipinski definition) is 0. The van der Waals surface area contributed by atoms with Gasteiger partial charge in [0.2, 0.25) is 0 Å². The smallest absolute Gasteiger partial charge is 0.108 e. The van der Waals surface area contributed by atoms with Crippen molar-refractivity contribution in [2.45, 2.75) is 51.6 Å². The molecule has 0 aromatic heterocycles. The lowest BCUT2D eigenvalue weighted by Crippen LogP contribution is -2.34. The Morgan fingerprint density at radius 3 is 2.21 bits per heavy atom. The second-order valence-electron chi connectivity index (χ2n) is 4.78. The zero-order valence-electron chi connectivity index (χ0n) is 9.41. The highest BCUT2D eigenvalue weighted by Crippen LogP contribution is 2.48. The van der Waals surface area contributed by atoms with Gasteiger partial charge in [0.25, 0.3) is 0 Å². The minimum atomic E-state index is -0.958. The molecule has 1 aliphatic carbocycles. The molecule has 0 aliphatic heterocycles. The van der Waals surface area contributed by atoms with Crippen molar-refractivity contribution < 1.29 is 4.39 Å². The van der Waals surface area contributed by atoms with Crippen LogP contribution in [0, 0.1) is 5.41 Å². The van der Waals surface area contributed by atoms with Crippen molar-refractivity contribution in [2.24, 2.45) is 5.41 Å². The summed E-state index contributed by atoms with van der Waals surface area (Å²) < 4.78 is 13.7. The fourth-order valence-corrected chi connectivity index (χ4v) is 2.37. The van der Waals surface area contributed by atoms with Gasteiger partial charge < -0.3 is 0 Å². The highest BCUT2D eigenvalue weighted by molar-refractivity contribution is 5.23. The first-order valence-corrected chi connectivity index (χ1v) is 5.46. The van der Waals surface area contributed by atoms with Crippen LogP contribution in [0.1, 0.15) is 46.0 Å². The molecule has 0 nitrogen and oxygen atoms in total. The summed E-state index contributed by atoms with van der Waals surface area (Å²) in [6, 6.07) is 0. The number of halogens is 1. The monoisotopic (exact) mass is 196 g/mol. The zero-order valence-corrected chi connectivity index (χ0v) is 9.41. The summed E-state index contributed by atoms with van der Waals surface area (Å²) in [4.78, 5) is 0. The van der Waals surface area contributed by atoms with Crippen molar-refractivity contribution in [3.63, 3.8) is 0 Å². The molecule has 0 bridgehead atoms. The summed E-state index contributed by atoms with van der Waals surface area (Å²) in [6.07, 6.45) is 6.04. The van der Waals surface area contributed by atoms with E-state index in [0.29, 0.717) is 12.8 Å². The molecule has 1 aliphatic rings. The highest BCUT2D eigenvalue weighted by atomic mass is 19.1. The van der Waals surface area contributed by atoms with Gasteiger partial charge >= 0.3 is 0 Å². The van der Waals surface area contributed by atoms with Crippen molar-refractivity contribution in [1.82, 2.24) is 0 Å². The molecule has 0 spiro atoms. The van der Waals surface area contributed by atoms with Crippen LogP contribution in [-0.2, 0) is 0 Å². The molecule has 0 atom stereocenters. The second-order valence-corrected chi connectivity index (χ2v) is 4.78. The largest absolute Gasteiger partial charge is 0.244 e. The van der Waals surface area contributed by atoms with Gasteiger partial charge in [-0.05, 0) is 50.0 Å². The predicted molar refractivity (Wildman–Crippen MR) is 60.0 cm³/mol. The summed E-state index contributed by atoms with van der Waals surface area (Å²) in [6.45, 7) is 11.7. The molecule has 1 rings (SSSR count). The van der Waals surface area contributed by atoms with E-state index < -0.39 is 5.67 Å². The fourth-order valence-electron chi connectivity index (χ4n) is 2.37. The molecule has 0 amide bonds. The van der Waals surface area contributed by atoms with Crippen LogP contribution in [0.25, 0.3) is 0 Å². The van der Waals surface area contributed by atoms with Crippen LogP contribution in [-0.4, -0.2) is 5.67 Å². The Morgan fingerprint density at radius 1 is 1.36 bits per heavy atom. The summed E-state index contributed by atoms with van der Waals surface area (Å²) >= 11 is 0. The van der Waals surface area contributed by atoms with Crippen LogP contribution >= 0.6 is 0 Å². The van der Waals surface area contributed by atoms with Gasteiger partial charge in [-0.2, -0.15) is 0 Å². The Kier molecular flexibility index (Phi) is 3.18. The van der Waals surface area contributed by atoms with Crippen molar-refractivity contribution in [3.05, 3.63) is 24.8 Å². The van der Waals surface area contributed by atoms with E-state index in [2.05, 4.69) is 20.1 Å². The molecular weight excluding hydrogens is 175 g/mol. The fraction of sp³-hybridized carbons (Fsp3) is 0.692. The number of allylic oxidation sites excluding steroid dienone is 2. The van der Waals surface area contributed by atoms with Crippen LogP contribution in [0.4, 0.5) is 4.39 Å². The summed E-state index contributed by atoms with van der Waals surface area (Å²) in [5.74, 6) is 0. The van der Waals surface area contributed by atoms with Gasteiger partial charge in [0.05, 0.1) is 0 Å². The number of alkyl halides is 1. The van der Waals surface area contributed by atoms with Gasteiger partial charge in [-0.15, -0.1) is 0 Å².